The molecule has 1 aliphatic heterocycles. The number of nitrogens with zero attached hydrogens (tertiary/aromatic N) is 3. The van der Waals surface area contributed by atoms with Gasteiger partial charge in [0.25, 0.3) is 5.89 Å². The summed E-state index contributed by atoms with van der Waals surface area (Å²) in [5.74, 6) is 0.614. The van der Waals surface area contributed by atoms with E-state index in [0.29, 0.717) is 11.3 Å². The molecule has 5 heteroatoms. The minimum atomic E-state index is 0.614. The molecule has 0 radical (unpaired) electrons. The highest BCUT2D eigenvalue weighted by Crippen LogP contribution is 2.54. The first-order chi connectivity index (χ1) is 9.76. The molecule has 0 amide bonds. The predicted octanol–water partition coefficient (Wildman–Crippen LogP) is 3.72. The van der Waals surface area contributed by atoms with Gasteiger partial charge in [-0.05, 0) is 71.9 Å². The maximum Gasteiger partial charge on any atom is 0.259 e. The van der Waals surface area contributed by atoms with Crippen LogP contribution in [-0.2, 0) is 0 Å². The maximum absolute atomic E-state index is 5.25. The van der Waals surface area contributed by atoms with E-state index in [1.807, 2.05) is 0 Å². The summed E-state index contributed by atoms with van der Waals surface area (Å²) in [6.45, 7) is 2.28. The highest BCUT2D eigenvalue weighted by atomic mass is 127. The Morgan fingerprint density at radius 1 is 1.15 bits per heavy atom. The average Bonchev–Trinajstić information content (AvgIpc) is 3.01. The normalized spacial score (nSPS) is 20.4. The van der Waals surface area contributed by atoms with Crippen molar-refractivity contribution in [3.8, 4) is 11.5 Å². The summed E-state index contributed by atoms with van der Waals surface area (Å²) in [6.07, 6.45) is 6.98. The Balaban J connectivity index is 1.68. The highest BCUT2D eigenvalue weighted by molar-refractivity contribution is 14.1. The summed E-state index contributed by atoms with van der Waals surface area (Å²) in [7, 11) is 0. The van der Waals surface area contributed by atoms with Gasteiger partial charge < -0.3 is 9.42 Å². The van der Waals surface area contributed by atoms with E-state index in [-0.39, 0.29) is 0 Å². The van der Waals surface area contributed by atoms with Crippen LogP contribution in [0.5, 0.6) is 0 Å². The number of hydrogen-bond acceptors (Lipinski definition) is 4. The monoisotopic (exact) mass is 381 g/mol. The molecule has 1 spiro atoms. The number of aromatic nitrogens is 2. The smallest absolute Gasteiger partial charge is 0.259 e. The summed E-state index contributed by atoms with van der Waals surface area (Å²) in [4.78, 5) is 6.68. The Kier molecular flexibility index (Phi) is 2.98. The molecule has 1 aliphatic carbocycles. The van der Waals surface area contributed by atoms with Crippen LogP contribution in [0.1, 0.15) is 25.7 Å². The summed E-state index contributed by atoms with van der Waals surface area (Å²) < 4.78 is 6.50. The lowest BCUT2D eigenvalue weighted by atomic mass is 9.93. The molecule has 1 saturated heterocycles. The average molecular weight is 381 g/mol. The van der Waals surface area contributed by atoms with Gasteiger partial charge in [0.15, 0.2) is 6.33 Å². The summed E-state index contributed by atoms with van der Waals surface area (Å²) >= 11 is 2.36. The van der Waals surface area contributed by atoms with Gasteiger partial charge in [0.05, 0.1) is 11.3 Å². The maximum atomic E-state index is 5.25. The van der Waals surface area contributed by atoms with Crippen molar-refractivity contribution in [2.75, 3.05) is 18.0 Å². The van der Waals surface area contributed by atoms with E-state index < -0.39 is 0 Å². The molecule has 0 N–H and O–H groups in total. The Hall–Kier alpha value is -1.11. The van der Waals surface area contributed by atoms with E-state index in [2.05, 4.69) is 55.8 Å². The van der Waals surface area contributed by atoms with Crippen molar-refractivity contribution in [2.24, 2.45) is 5.41 Å². The van der Waals surface area contributed by atoms with Crippen molar-refractivity contribution in [2.45, 2.75) is 25.7 Å². The Morgan fingerprint density at radius 3 is 2.60 bits per heavy atom. The summed E-state index contributed by atoms with van der Waals surface area (Å²) in [5.41, 5.74) is 2.98. The van der Waals surface area contributed by atoms with E-state index in [1.165, 1.54) is 41.3 Å². The third-order valence-corrected chi connectivity index (χ3v) is 5.34. The minimum Gasteiger partial charge on any atom is -0.371 e. The van der Waals surface area contributed by atoms with Gasteiger partial charge in [0.2, 0.25) is 0 Å². The van der Waals surface area contributed by atoms with Crippen LogP contribution >= 0.6 is 22.6 Å². The third kappa shape index (κ3) is 2.21. The topological polar surface area (TPSA) is 42.2 Å². The van der Waals surface area contributed by atoms with Crippen LogP contribution in [0.2, 0.25) is 0 Å². The number of piperidine rings is 1. The van der Waals surface area contributed by atoms with Crippen molar-refractivity contribution in [3.63, 3.8) is 0 Å². The van der Waals surface area contributed by atoms with Crippen LogP contribution in [0.3, 0.4) is 0 Å². The molecule has 20 heavy (non-hydrogen) atoms. The molecule has 0 atom stereocenters. The van der Waals surface area contributed by atoms with Crippen LogP contribution in [0.25, 0.3) is 11.5 Å². The first kappa shape index (κ1) is 12.6. The highest BCUT2D eigenvalue weighted by Gasteiger charge is 2.44. The van der Waals surface area contributed by atoms with Crippen molar-refractivity contribution in [1.29, 1.82) is 0 Å². The fourth-order valence-corrected chi connectivity index (χ4v) is 3.61. The molecular weight excluding hydrogens is 365 g/mol. The van der Waals surface area contributed by atoms with Gasteiger partial charge in [-0.2, -0.15) is 4.98 Å². The molecule has 2 aliphatic rings. The molecular formula is C15H16IN3O. The second-order valence-corrected chi connectivity index (χ2v) is 7.14. The molecule has 4 rings (SSSR count). The Morgan fingerprint density at radius 2 is 1.95 bits per heavy atom. The van der Waals surface area contributed by atoms with Crippen molar-refractivity contribution in [1.82, 2.24) is 10.1 Å². The molecule has 0 bridgehead atoms. The number of anilines is 1. The van der Waals surface area contributed by atoms with E-state index in [4.69, 9.17) is 4.52 Å². The number of halogens is 1. The molecule has 1 aromatic heterocycles. The van der Waals surface area contributed by atoms with Gasteiger partial charge in [-0.3, -0.25) is 0 Å². The van der Waals surface area contributed by atoms with Crippen LogP contribution in [0, 0.1) is 8.99 Å². The lowest BCUT2D eigenvalue weighted by Gasteiger charge is -2.34. The van der Waals surface area contributed by atoms with Crippen LogP contribution in [0.4, 0.5) is 5.69 Å². The second kappa shape index (κ2) is 4.72. The molecule has 2 fully saturated rings. The minimum absolute atomic E-state index is 0.614. The first-order valence-electron chi connectivity index (χ1n) is 7.07. The second-order valence-electron chi connectivity index (χ2n) is 5.89. The molecule has 4 nitrogen and oxygen atoms in total. The summed E-state index contributed by atoms with van der Waals surface area (Å²) in [5, 5.41) is 3.73. The van der Waals surface area contributed by atoms with Gasteiger partial charge in [-0.1, -0.05) is 5.16 Å². The number of benzene rings is 1. The van der Waals surface area contributed by atoms with Crippen molar-refractivity contribution < 1.29 is 4.52 Å². The third-order valence-electron chi connectivity index (χ3n) is 4.67. The van der Waals surface area contributed by atoms with Crippen molar-refractivity contribution >= 4 is 28.3 Å². The first-order valence-corrected chi connectivity index (χ1v) is 8.15. The van der Waals surface area contributed by atoms with Crippen LogP contribution in [-0.4, -0.2) is 23.2 Å². The van der Waals surface area contributed by atoms with Gasteiger partial charge >= 0.3 is 0 Å². The Bertz CT molecular complexity index is 612. The molecule has 104 valence electrons. The molecule has 2 heterocycles. The van der Waals surface area contributed by atoms with Crippen LogP contribution in [0.15, 0.2) is 29.0 Å². The largest absolute Gasteiger partial charge is 0.371 e. The fourth-order valence-electron chi connectivity index (χ4n) is 3.14. The van der Waals surface area contributed by atoms with Crippen molar-refractivity contribution in [3.05, 3.63) is 28.1 Å². The molecule has 0 unspecified atom stereocenters. The van der Waals surface area contributed by atoms with E-state index in [9.17, 15) is 0 Å². The molecule has 1 saturated carbocycles. The van der Waals surface area contributed by atoms with E-state index >= 15 is 0 Å². The quantitative estimate of drug-likeness (QED) is 0.744. The molecule has 2 aromatic rings. The zero-order chi connectivity index (χ0) is 13.6. The standard InChI is InChI=1S/C15H16IN3O/c16-11-1-2-12(14-17-10-18-20-14)13(9-11)19-7-5-15(3-4-15)6-8-19/h1-2,9-10H,3-8H2. The van der Waals surface area contributed by atoms with E-state index in [0.717, 1.165) is 18.7 Å². The van der Waals surface area contributed by atoms with E-state index in [1.54, 1.807) is 0 Å². The fraction of sp³-hybridized carbons (Fsp3) is 0.467. The van der Waals surface area contributed by atoms with Crippen LogP contribution < -0.4 is 4.90 Å². The zero-order valence-electron chi connectivity index (χ0n) is 11.2. The SMILES string of the molecule is Ic1ccc(-c2ncno2)c(N2CCC3(CC2)CC3)c1. The van der Waals surface area contributed by atoms with Gasteiger partial charge in [-0.15, -0.1) is 0 Å². The van der Waals surface area contributed by atoms with Gasteiger partial charge in [-0.25, -0.2) is 0 Å². The van der Waals surface area contributed by atoms with Gasteiger partial charge in [0.1, 0.15) is 0 Å². The Labute approximate surface area is 131 Å². The number of rotatable bonds is 2. The zero-order valence-corrected chi connectivity index (χ0v) is 13.3. The lowest BCUT2D eigenvalue weighted by molar-refractivity contribution is 0.384. The lowest BCUT2D eigenvalue weighted by Crippen LogP contribution is -2.34. The predicted molar refractivity (Wildman–Crippen MR) is 85.6 cm³/mol. The van der Waals surface area contributed by atoms with Gasteiger partial charge in [0, 0.05) is 16.7 Å². The number of hydrogen-bond donors (Lipinski definition) is 0. The molecule has 1 aromatic carbocycles. The summed E-state index contributed by atoms with van der Waals surface area (Å²) in [6, 6.07) is 6.41.